The topological polar surface area (TPSA) is 133 Å². The van der Waals surface area contributed by atoms with Crippen molar-refractivity contribution < 1.29 is 37.2 Å². The molecule has 0 aliphatic carbocycles. The van der Waals surface area contributed by atoms with Crippen LogP contribution in [0.15, 0.2) is 60.8 Å². The van der Waals surface area contributed by atoms with E-state index in [1.807, 2.05) is 0 Å². The van der Waals surface area contributed by atoms with E-state index in [2.05, 4.69) is 15.6 Å². The van der Waals surface area contributed by atoms with Crippen molar-refractivity contribution in [3.8, 4) is 11.5 Å². The number of hydrogen-bond acceptors (Lipinski definition) is 7. The Hall–Kier alpha value is -4.68. The highest BCUT2D eigenvalue weighted by molar-refractivity contribution is 6.04. The average Bonchev–Trinajstić information content (AvgIpc) is 2.79. The number of aromatic nitrogens is 1. The molecule has 0 aliphatic heterocycles. The second-order valence-electron chi connectivity index (χ2n) is 8.58. The van der Waals surface area contributed by atoms with E-state index in [4.69, 9.17) is 9.47 Å². The number of carbonyl (C=O) groups is 2. The van der Waals surface area contributed by atoms with Crippen molar-refractivity contribution in [2.75, 3.05) is 10.6 Å². The van der Waals surface area contributed by atoms with Gasteiger partial charge < -0.3 is 14.8 Å². The molecule has 0 aliphatic rings. The smallest absolute Gasteiger partial charge is 0.417 e. The zero-order chi connectivity index (χ0) is 27.4. The maximum Gasteiger partial charge on any atom is 0.417 e. The number of alkyl halides is 3. The highest BCUT2D eigenvalue weighted by atomic mass is 19.4. The lowest BCUT2D eigenvalue weighted by atomic mass is 10.1. The van der Waals surface area contributed by atoms with Crippen LogP contribution < -0.4 is 15.4 Å². The van der Waals surface area contributed by atoms with E-state index >= 15 is 0 Å². The summed E-state index contributed by atoms with van der Waals surface area (Å²) < 4.78 is 48.7. The number of amides is 2. The molecule has 0 saturated heterocycles. The van der Waals surface area contributed by atoms with Gasteiger partial charge in [-0.15, -0.1) is 0 Å². The largest absolute Gasteiger partial charge is 0.450 e. The molecule has 0 atom stereocenters. The summed E-state index contributed by atoms with van der Waals surface area (Å²) in [6, 6.07) is 11.1. The summed E-state index contributed by atoms with van der Waals surface area (Å²) in [5.74, 6) is -0.938. The molecule has 2 aromatic carbocycles. The van der Waals surface area contributed by atoms with Gasteiger partial charge in [0.25, 0.3) is 5.91 Å². The van der Waals surface area contributed by atoms with E-state index in [1.54, 1.807) is 20.8 Å². The molecule has 0 fully saturated rings. The van der Waals surface area contributed by atoms with Crippen molar-refractivity contribution in [1.29, 1.82) is 0 Å². The van der Waals surface area contributed by atoms with Crippen molar-refractivity contribution in [2.45, 2.75) is 32.5 Å². The monoisotopic (exact) mass is 518 g/mol. The zero-order valence-electron chi connectivity index (χ0n) is 19.8. The van der Waals surface area contributed by atoms with Gasteiger partial charge in [-0.2, -0.15) is 13.2 Å². The molecule has 10 nitrogen and oxygen atoms in total. The van der Waals surface area contributed by atoms with E-state index < -0.39 is 40.0 Å². The van der Waals surface area contributed by atoms with E-state index in [0.29, 0.717) is 11.9 Å². The lowest BCUT2D eigenvalue weighted by Crippen LogP contribution is -2.27. The predicted octanol–water partition coefficient (Wildman–Crippen LogP) is 6.40. The molecular formula is C24H21F3N4O6. The fourth-order valence-electron chi connectivity index (χ4n) is 2.87. The predicted molar refractivity (Wildman–Crippen MR) is 127 cm³/mol. The molecule has 37 heavy (non-hydrogen) atoms. The molecule has 0 spiro atoms. The minimum atomic E-state index is -4.58. The van der Waals surface area contributed by atoms with Gasteiger partial charge in [0.1, 0.15) is 17.2 Å². The number of anilines is 2. The van der Waals surface area contributed by atoms with Crippen LogP contribution in [0, 0.1) is 10.1 Å². The van der Waals surface area contributed by atoms with E-state index in [9.17, 15) is 32.9 Å². The maximum atomic E-state index is 12.7. The summed E-state index contributed by atoms with van der Waals surface area (Å²) in [7, 11) is 0. The molecule has 3 aromatic rings. The standard InChI is InChI=1S/C24H21F3N4O6/c1-23(2,3)37-22(33)29-16-6-8-17(9-7-16)36-19-10-4-14(12-18(19)31(34)35)21(32)30-20-11-5-15(13-28-20)24(25,26)27/h4-13H,1-3H3,(H,29,33)(H,28,30,32). The van der Waals surface area contributed by atoms with Gasteiger partial charge in [0, 0.05) is 23.5 Å². The van der Waals surface area contributed by atoms with E-state index in [0.717, 1.165) is 18.2 Å². The molecular weight excluding hydrogens is 497 g/mol. The van der Waals surface area contributed by atoms with Crippen molar-refractivity contribution in [3.05, 3.63) is 82.0 Å². The number of nitro groups is 1. The third-order valence-electron chi connectivity index (χ3n) is 4.48. The molecule has 0 saturated carbocycles. The number of benzene rings is 2. The maximum absolute atomic E-state index is 12.7. The highest BCUT2D eigenvalue weighted by Crippen LogP contribution is 2.33. The molecule has 13 heteroatoms. The van der Waals surface area contributed by atoms with Crippen LogP contribution in [0.4, 0.5) is 35.2 Å². The first kappa shape index (κ1) is 26.9. The summed E-state index contributed by atoms with van der Waals surface area (Å²) >= 11 is 0. The number of halogens is 3. The van der Waals surface area contributed by atoms with Gasteiger partial charge in [0.15, 0.2) is 0 Å². The summed E-state index contributed by atoms with van der Waals surface area (Å²) in [6.07, 6.45) is -4.68. The van der Waals surface area contributed by atoms with Crippen LogP contribution in [0.2, 0.25) is 0 Å². The Morgan fingerprint density at radius 2 is 1.65 bits per heavy atom. The second-order valence-corrected chi connectivity index (χ2v) is 8.58. The van der Waals surface area contributed by atoms with Crippen LogP contribution in [0.25, 0.3) is 0 Å². The molecule has 0 bridgehead atoms. The summed E-state index contributed by atoms with van der Waals surface area (Å²) in [6.45, 7) is 5.16. The normalized spacial score (nSPS) is 11.4. The van der Waals surface area contributed by atoms with Gasteiger partial charge >= 0.3 is 18.0 Å². The number of pyridine rings is 1. The van der Waals surface area contributed by atoms with Crippen LogP contribution in [-0.2, 0) is 10.9 Å². The van der Waals surface area contributed by atoms with Crippen molar-refractivity contribution in [1.82, 2.24) is 4.98 Å². The molecule has 1 heterocycles. The van der Waals surface area contributed by atoms with Gasteiger partial charge in [-0.1, -0.05) is 0 Å². The van der Waals surface area contributed by atoms with Crippen LogP contribution in [-0.4, -0.2) is 27.5 Å². The first-order chi connectivity index (χ1) is 17.2. The molecule has 0 unspecified atom stereocenters. The SMILES string of the molecule is CC(C)(C)OC(=O)Nc1ccc(Oc2ccc(C(=O)Nc3ccc(C(F)(F)F)cn3)cc2[N+](=O)[O-])cc1. The molecule has 3 rings (SSSR count). The van der Waals surface area contributed by atoms with Crippen molar-refractivity contribution in [2.24, 2.45) is 0 Å². The van der Waals surface area contributed by atoms with E-state index in [-0.39, 0.29) is 22.9 Å². The quantitative estimate of drug-likeness (QED) is 0.285. The average molecular weight is 518 g/mol. The fourth-order valence-corrected chi connectivity index (χ4v) is 2.87. The Bertz CT molecular complexity index is 1300. The molecule has 1 aromatic heterocycles. The van der Waals surface area contributed by atoms with Crippen LogP contribution in [0.3, 0.4) is 0 Å². The van der Waals surface area contributed by atoms with Gasteiger partial charge in [-0.05, 0) is 69.3 Å². The fraction of sp³-hybridized carbons (Fsp3) is 0.208. The van der Waals surface area contributed by atoms with Crippen molar-refractivity contribution in [3.63, 3.8) is 0 Å². The Morgan fingerprint density at radius 3 is 2.19 bits per heavy atom. The Morgan fingerprint density at radius 1 is 0.973 bits per heavy atom. The number of nitro benzene ring substituents is 1. The van der Waals surface area contributed by atoms with Crippen molar-refractivity contribution >= 4 is 29.2 Å². The van der Waals surface area contributed by atoms with Crippen LogP contribution in [0.5, 0.6) is 11.5 Å². The minimum Gasteiger partial charge on any atom is -0.450 e. The Kier molecular flexibility index (Phi) is 7.65. The number of nitrogens with zero attached hydrogens (tertiary/aromatic N) is 2. The molecule has 194 valence electrons. The number of rotatable bonds is 6. The lowest BCUT2D eigenvalue weighted by Gasteiger charge is -2.19. The Labute approximate surface area is 208 Å². The molecule has 2 amide bonds. The third-order valence-corrected chi connectivity index (χ3v) is 4.48. The van der Waals surface area contributed by atoms with E-state index in [1.165, 1.54) is 36.4 Å². The minimum absolute atomic E-state index is 0.141. The number of nitrogens with one attached hydrogen (secondary N) is 2. The van der Waals surface area contributed by atoms with Crippen LogP contribution >= 0.6 is 0 Å². The second kappa shape index (κ2) is 10.5. The van der Waals surface area contributed by atoms with Gasteiger partial charge in [-0.25, -0.2) is 9.78 Å². The lowest BCUT2D eigenvalue weighted by molar-refractivity contribution is -0.385. The first-order valence-electron chi connectivity index (χ1n) is 10.6. The third kappa shape index (κ3) is 7.65. The van der Waals surface area contributed by atoms with Gasteiger partial charge in [0.05, 0.1) is 10.5 Å². The number of ether oxygens (including phenoxy) is 2. The summed E-state index contributed by atoms with van der Waals surface area (Å²) in [4.78, 5) is 38.7. The molecule has 2 N–H and O–H groups in total. The van der Waals surface area contributed by atoms with Gasteiger partial charge in [0.2, 0.25) is 5.75 Å². The highest BCUT2D eigenvalue weighted by Gasteiger charge is 2.30. The van der Waals surface area contributed by atoms with Crippen LogP contribution in [0.1, 0.15) is 36.7 Å². The number of hydrogen-bond donors (Lipinski definition) is 2. The summed E-state index contributed by atoms with van der Waals surface area (Å²) in [5, 5.41) is 16.4. The zero-order valence-corrected chi connectivity index (χ0v) is 19.8. The molecule has 0 radical (unpaired) electrons. The number of carbonyl (C=O) groups excluding carboxylic acids is 2. The Balaban J connectivity index is 1.71. The first-order valence-corrected chi connectivity index (χ1v) is 10.6. The van der Waals surface area contributed by atoms with Gasteiger partial charge in [-0.3, -0.25) is 20.2 Å². The summed E-state index contributed by atoms with van der Waals surface area (Å²) in [5.41, 5.74) is -1.93.